The van der Waals surface area contributed by atoms with E-state index >= 15 is 0 Å². The molecule has 0 saturated carbocycles. The lowest BCUT2D eigenvalue weighted by molar-refractivity contribution is 0.0703. The fraction of sp³-hybridized carbons (Fsp3) is 0.0714. The number of hydrogen-bond donors (Lipinski definition) is 2. The van der Waals surface area contributed by atoms with E-state index in [2.05, 4.69) is 18.2 Å². The van der Waals surface area contributed by atoms with Crippen molar-refractivity contribution in [1.82, 2.24) is 0 Å². The monoisotopic (exact) mass is 289 g/mol. The average Bonchev–Trinajstić information content (AvgIpc) is 2.92. The molecule has 0 amide bonds. The van der Waals surface area contributed by atoms with Crippen LogP contribution in [0.15, 0.2) is 30.3 Å². The van der Waals surface area contributed by atoms with Crippen molar-refractivity contribution >= 4 is 44.4 Å². The predicted molar refractivity (Wildman–Crippen MR) is 81.2 cm³/mol. The number of anilines is 1. The average molecular weight is 289 g/mol. The van der Waals surface area contributed by atoms with Crippen molar-refractivity contribution in [2.24, 2.45) is 0 Å². The molecule has 0 fully saturated rings. The first-order valence-corrected chi connectivity index (χ1v) is 7.32. The van der Waals surface area contributed by atoms with Gasteiger partial charge in [-0.3, -0.25) is 0 Å². The molecule has 0 aliphatic carbocycles. The minimum absolute atomic E-state index is 0.227. The van der Waals surface area contributed by atoms with Gasteiger partial charge in [0.05, 0.1) is 10.6 Å². The fourth-order valence-corrected chi connectivity index (χ4v) is 4.30. The van der Waals surface area contributed by atoms with E-state index in [0.717, 1.165) is 15.3 Å². The standard InChI is InChI=1S/C14H11NO2S2/c1-7-11(15)13(14(16)17)19-12(7)10-6-8-4-2-3-5-9(8)18-10/h2-6H,15H2,1H3,(H,16,17). The third-order valence-electron chi connectivity index (χ3n) is 3.04. The van der Waals surface area contributed by atoms with Gasteiger partial charge in [-0.1, -0.05) is 18.2 Å². The second-order valence-electron chi connectivity index (χ2n) is 4.25. The van der Waals surface area contributed by atoms with Crippen LogP contribution in [0.5, 0.6) is 0 Å². The molecule has 0 radical (unpaired) electrons. The fourth-order valence-electron chi connectivity index (χ4n) is 2.01. The summed E-state index contributed by atoms with van der Waals surface area (Å²) >= 11 is 2.91. The minimum Gasteiger partial charge on any atom is -0.477 e. The Hall–Kier alpha value is -1.85. The van der Waals surface area contributed by atoms with E-state index in [9.17, 15) is 4.79 Å². The molecular weight excluding hydrogens is 278 g/mol. The molecule has 3 rings (SSSR count). The Labute approximate surface area is 117 Å². The van der Waals surface area contributed by atoms with E-state index in [4.69, 9.17) is 10.8 Å². The molecule has 0 unspecified atom stereocenters. The van der Waals surface area contributed by atoms with Crippen molar-refractivity contribution in [3.05, 3.63) is 40.8 Å². The van der Waals surface area contributed by atoms with Gasteiger partial charge in [-0.25, -0.2) is 4.79 Å². The number of hydrogen-bond acceptors (Lipinski definition) is 4. The number of thiophene rings is 2. The SMILES string of the molecule is Cc1c(-c2cc3ccccc3s2)sc(C(=O)O)c1N. The van der Waals surface area contributed by atoms with Gasteiger partial charge in [0.1, 0.15) is 4.88 Å². The Morgan fingerprint density at radius 3 is 2.63 bits per heavy atom. The Balaban J connectivity index is 2.21. The number of carboxylic acids is 1. The third-order valence-corrected chi connectivity index (χ3v) is 5.63. The number of carbonyl (C=O) groups is 1. The van der Waals surface area contributed by atoms with Crippen LogP contribution < -0.4 is 5.73 Å². The van der Waals surface area contributed by atoms with Gasteiger partial charge < -0.3 is 10.8 Å². The van der Waals surface area contributed by atoms with E-state index in [0.29, 0.717) is 5.69 Å². The number of fused-ring (bicyclic) bond motifs is 1. The summed E-state index contributed by atoms with van der Waals surface area (Å²) in [7, 11) is 0. The summed E-state index contributed by atoms with van der Waals surface area (Å²) < 4.78 is 1.20. The molecule has 3 nitrogen and oxygen atoms in total. The zero-order chi connectivity index (χ0) is 13.6. The van der Waals surface area contributed by atoms with E-state index < -0.39 is 5.97 Å². The highest BCUT2D eigenvalue weighted by Crippen LogP contribution is 2.42. The molecule has 2 aromatic heterocycles. The van der Waals surface area contributed by atoms with Crippen LogP contribution in [0.1, 0.15) is 15.2 Å². The van der Waals surface area contributed by atoms with Gasteiger partial charge >= 0.3 is 5.97 Å². The third kappa shape index (κ3) is 1.91. The van der Waals surface area contributed by atoms with Gasteiger partial charge in [0.15, 0.2) is 0 Å². The maximum Gasteiger partial charge on any atom is 0.348 e. The second kappa shape index (κ2) is 4.36. The van der Waals surface area contributed by atoms with Gasteiger partial charge in [0.25, 0.3) is 0 Å². The molecule has 1 aromatic carbocycles. The Morgan fingerprint density at radius 1 is 1.26 bits per heavy atom. The summed E-state index contributed by atoms with van der Waals surface area (Å²) in [6.45, 7) is 1.87. The number of benzene rings is 1. The van der Waals surface area contributed by atoms with Crippen molar-refractivity contribution in [3.63, 3.8) is 0 Å². The highest BCUT2D eigenvalue weighted by atomic mass is 32.1. The molecule has 0 aliphatic heterocycles. The second-order valence-corrected chi connectivity index (χ2v) is 6.36. The minimum atomic E-state index is -0.960. The van der Waals surface area contributed by atoms with Crippen LogP contribution >= 0.6 is 22.7 Å². The molecular formula is C14H11NO2S2. The van der Waals surface area contributed by atoms with Crippen molar-refractivity contribution in [2.75, 3.05) is 5.73 Å². The number of aromatic carboxylic acids is 1. The van der Waals surface area contributed by atoms with Gasteiger partial charge in [-0.15, -0.1) is 22.7 Å². The van der Waals surface area contributed by atoms with Crippen molar-refractivity contribution in [1.29, 1.82) is 0 Å². The van der Waals surface area contributed by atoms with Gasteiger partial charge in [0, 0.05) is 9.58 Å². The molecule has 0 saturated heterocycles. The lowest BCUT2D eigenvalue weighted by atomic mass is 10.2. The molecule has 96 valence electrons. The van der Waals surface area contributed by atoms with E-state index in [1.54, 1.807) is 11.3 Å². The lowest BCUT2D eigenvalue weighted by Crippen LogP contribution is -1.97. The number of carboxylic acid groups (broad SMARTS) is 1. The Morgan fingerprint density at radius 2 is 2.00 bits per heavy atom. The molecule has 0 spiro atoms. The van der Waals surface area contributed by atoms with Crippen LogP contribution in [-0.2, 0) is 0 Å². The van der Waals surface area contributed by atoms with Gasteiger partial charge in [0.2, 0.25) is 0 Å². The van der Waals surface area contributed by atoms with Crippen LogP contribution in [0.2, 0.25) is 0 Å². The largest absolute Gasteiger partial charge is 0.477 e. The molecule has 3 aromatic rings. The van der Waals surface area contributed by atoms with Gasteiger partial charge in [-0.2, -0.15) is 0 Å². The quantitative estimate of drug-likeness (QED) is 0.742. The highest BCUT2D eigenvalue weighted by molar-refractivity contribution is 7.26. The molecule has 2 heterocycles. The van der Waals surface area contributed by atoms with Crippen LogP contribution in [0.4, 0.5) is 5.69 Å². The molecule has 0 atom stereocenters. The van der Waals surface area contributed by atoms with Crippen molar-refractivity contribution in [2.45, 2.75) is 6.92 Å². The molecule has 0 aliphatic rings. The zero-order valence-corrected chi connectivity index (χ0v) is 11.8. The number of nitrogen functional groups attached to an aromatic ring is 1. The Bertz CT molecular complexity index is 753. The first-order chi connectivity index (χ1) is 9.08. The topological polar surface area (TPSA) is 63.3 Å². The summed E-state index contributed by atoms with van der Waals surface area (Å²) in [5.74, 6) is -0.960. The predicted octanol–water partition coefficient (Wildman–Crippen LogP) is 4.22. The normalized spacial score (nSPS) is 11.0. The number of nitrogens with two attached hydrogens (primary N) is 1. The van der Waals surface area contributed by atoms with Crippen LogP contribution in [0.3, 0.4) is 0 Å². The maximum atomic E-state index is 11.1. The summed E-state index contributed by atoms with van der Waals surface area (Å²) in [5.41, 5.74) is 7.11. The summed E-state index contributed by atoms with van der Waals surface area (Å²) in [6, 6.07) is 10.2. The lowest BCUT2D eigenvalue weighted by Gasteiger charge is -1.94. The summed E-state index contributed by atoms with van der Waals surface area (Å²) in [4.78, 5) is 13.4. The first kappa shape index (κ1) is 12.2. The summed E-state index contributed by atoms with van der Waals surface area (Å²) in [5, 5.41) is 10.3. The molecule has 0 bridgehead atoms. The van der Waals surface area contributed by atoms with Crippen LogP contribution in [0, 0.1) is 6.92 Å². The summed E-state index contributed by atoms with van der Waals surface area (Å²) in [6.07, 6.45) is 0. The van der Waals surface area contributed by atoms with Crippen molar-refractivity contribution < 1.29 is 9.90 Å². The maximum absolute atomic E-state index is 11.1. The molecule has 3 N–H and O–H groups in total. The van der Waals surface area contributed by atoms with E-state index in [1.165, 1.54) is 21.4 Å². The zero-order valence-electron chi connectivity index (χ0n) is 10.1. The molecule has 5 heteroatoms. The highest BCUT2D eigenvalue weighted by Gasteiger charge is 2.19. The number of rotatable bonds is 2. The van der Waals surface area contributed by atoms with Gasteiger partial charge in [-0.05, 0) is 30.0 Å². The van der Waals surface area contributed by atoms with Crippen molar-refractivity contribution in [3.8, 4) is 9.75 Å². The Kier molecular flexibility index (Phi) is 2.80. The van der Waals surface area contributed by atoms with Crippen LogP contribution in [-0.4, -0.2) is 11.1 Å². The molecule has 19 heavy (non-hydrogen) atoms. The first-order valence-electron chi connectivity index (χ1n) is 5.69. The van der Waals surface area contributed by atoms with E-state index in [1.807, 2.05) is 19.1 Å². The van der Waals surface area contributed by atoms with Crippen LogP contribution in [0.25, 0.3) is 19.8 Å². The smallest absolute Gasteiger partial charge is 0.348 e. The van der Waals surface area contributed by atoms with E-state index in [-0.39, 0.29) is 4.88 Å².